The van der Waals surface area contributed by atoms with E-state index in [-0.39, 0.29) is 5.75 Å². The van der Waals surface area contributed by atoms with Crippen molar-refractivity contribution in [1.82, 2.24) is 5.32 Å². The average Bonchev–Trinajstić information content (AvgIpc) is 3.13. The van der Waals surface area contributed by atoms with Crippen LogP contribution in [0.25, 0.3) is 0 Å². The van der Waals surface area contributed by atoms with E-state index in [1.165, 1.54) is 25.0 Å². The van der Waals surface area contributed by atoms with Crippen molar-refractivity contribution >= 4 is 0 Å². The fourth-order valence-electron chi connectivity index (χ4n) is 1.81. The molecule has 0 heterocycles. The molecule has 1 atom stereocenters. The van der Waals surface area contributed by atoms with Crippen LogP contribution in [0.2, 0.25) is 0 Å². The fraction of sp³-hybridized carbons (Fsp3) is 0.538. The van der Waals surface area contributed by atoms with E-state index in [0.29, 0.717) is 19.2 Å². The summed E-state index contributed by atoms with van der Waals surface area (Å²) in [7, 11) is 0. The first-order valence-corrected chi connectivity index (χ1v) is 5.98. The highest BCUT2D eigenvalue weighted by Crippen LogP contribution is 2.32. The SMILES string of the molecule is CC(NCCOc1cccc(F)c1F)C1CC1. The van der Waals surface area contributed by atoms with Gasteiger partial charge in [0, 0.05) is 12.6 Å². The van der Waals surface area contributed by atoms with Crippen LogP contribution in [0.1, 0.15) is 19.8 Å². The van der Waals surface area contributed by atoms with Crippen LogP contribution in [-0.4, -0.2) is 19.2 Å². The number of nitrogens with one attached hydrogen (secondary N) is 1. The highest BCUT2D eigenvalue weighted by Gasteiger charge is 2.27. The summed E-state index contributed by atoms with van der Waals surface area (Å²) in [5.74, 6) is -1.03. The number of hydrogen-bond acceptors (Lipinski definition) is 2. The Labute approximate surface area is 100.0 Å². The van der Waals surface area contributed by atoms with Gasteiger partial charge in [0.25, 0.3) is 0 Å². The van der Waals surface area contributed by atoms with Gasteiger partial charge in [0.15, 0.2) is 11.6 Å². The summed E-state index contributed by atoms with van der Waals surface area (Å²) in [5, 5.41) is 3.31. The lowest BCUT2D eigenvalue weighted by Crippen LogP contribution is -2.31. The topological polar surface area (TPSA) is 21.3 Å². The molecule has 0 aromatic heterocycles. The summed E-state index contributed by atoms with van der Waals surface area (Å²) >= 11 is 0. The lowest BCUT2D eigenvalue weighted by atomic mass is 10.2. The Balaban J connectivity index is 1.72. The summed E-state index contributed by atoms with van der Waals surface area (Å²) in [4.78, 5) is 0. The van der Waals surface area contributed by atoms with E-state index in [1.54, 1.807) is 0 Å². The third kappa shape index (κ3) is 3.40. The minimum Gasteiger partial charge on any atom is -0.489 e. The maximum absolute atomic E-state index is 13.2. The average molecular weight is 241 g/mol. The number of benzene rings is 1. The first-order valence-electron chi connectivity index (χ1n) is 5.98. The number of halogens is 2. The third-order valence-corrected chi connectivity index (χ3v) is 3.07. The van der Waals surface area contributed by atoms with Crippen LogP contribution in [0.15, 0.2) is 18.2 Å². The minimum absolute atomic E-state index is 0.0223. The first-order chi connectivity index (χ1) is 8.18. The molecule has 1 aliphatic carbocycles. The van der Waals surface area contributed by atoms with Crippen LogP contribution >= 0.6 is 0 Å². The second-order valence-electron chi connectivity index (χ2n) is 4.48. The molecule has 1 unspecified atom stereocenters. The van der Waals surface area contributed by atoms with Gasteiger partial charge in [0.05, 0.1) is 0 Å². The molecule has 1 aromatic carbocycles. The van der Waals surface area contributed by atoms with Gasteiger partial charge < -0.3 is 10.1 Å². The predicted octanol–water partition coefficient (Wildman–Crippen LogP) is 2.73. The monoisotopic (exact) mass is 241 g/mol. The van der Waals surface area contributed by atoms with Gasteiger partial charge in [0.2, 0.25) is 5.82 Å². The molecular weight excluding hydrogens is 224 g/mol. The maximum Gasteiger partial charge on any atom is 0.200 e. The van der Waals surface area contributed by atoms with E-state index in [2.05, 4.69) is 12.2 Å². The van der Waals surface area contributed by atoms with E-state index in [9.17, 15) is 8.78 Å². The molecule has 1 aromatic rings. The van der Waals surface area contributed by atoms with Gasteiger partial charge in [-0.2, -0.15) is 4.39 Å². The summed E-state index contributed by atoms with van der Waals surface area (Å²) < 4.78 is 31.3. The van der Waals surface area contributed by atoms with E-state index in [0.717, 1.165) is 12.0 Å². The van der Waals surface area contributed by atoms with Gasteiger partial charge in [-0.1, -0.05) is 6.07 Å². The maximum atomic E-state index is 13.2. The van der Waals surface area contributed by atoms with Crippen molar-refractivity contribution in [2.45, 2.75) is 25.8 Å². The molecule has 0 radical (unpaired) electrons. The largest absolute Gasteiger partial charge is 0.489 e. The van der Waals surface area contributed by atoms with Crippen LogP contribution in [0.4, 0.5) is 8.78 Å². The fourth-order valence-corrected chi connectivity index (χ4v) is 1.81. The quantitative estimate of drug-likeness (QED) is 0.773. The molecule has 94 valence electrons. The highest BCUT2D eigenvalue weighted by atomic mass is 19.2. The second kappa shape index (κ2) is 5.45. The Kier molecular flexibility index (Phi) is 3.94. The van der Waals surface area contributed by atoms with Gasteiger partial charge in [-0.3, -0.25) is 0 Å². The molecule has 1 saturated carbocycles. The van der Waals surface area contributed by atoms with Crippen LogP contribution in [0.3, 0.4) is 0 Å². The lowest BCUT2D eigenvalue weighted by Gasteiger charge is -2.13. The number of hydrogen-bond donors (Lipinski definition) is 1. The Morgan fingerprint density at radius 2 is 2.18 bits per heavy atom. The molecule has 0 spiro atoms. The smallest absolute Gasteiger partial charge is 0.200 e. The van der Waals surface area contributed by atoms with Gasteiger partial charge in [-0.25, -0.2) is 4.39 Å². The molecule has 0 saturated heterocycles. The summed E-state index contributed by atoms with van der Waals surface area (Å²) in [5.41, 5.74) is 0. The zero-order valence-corrected chi connectivity index (χ0v) is 9.88. The summed E-state index contributed by atoms with van der Waals surface area (Å²) in [6, 6.07) is 4.43. The van der Waals surface area contributed by atoms with Crippen molar-refractivity contribution in [2.75, 3.05) is 13.2 Å². The Morgan fingerprint density at radius 3 is 2.88 bits per heavy atom. The van der Waals surface area contributed by atoms with Gasteiger partial charge in [-0.15, -0.1) is 0 Å². The van der Waals surface area contributed by atoms with Crippen molar-refractivity contribution in [1.29, 1.82) is 0 Å². The lowest BCUT2D eigenvalue weighted by molar-refractivity contribution is 0.285. The molecule has 0 aliphatic heterocycles. The molecule has 1 fully saturated rings. The standard InChI is InChI=1S/C13H17F2NO/c1-9(10-5-6-10)16-7-8-17-12-4-2-3-11(14)13(12)15/h2-4,9-10,16H,5-8H2,1H3. The molecule has 2 nitrogen and oxygen atoms in total. The van der Waals surface area contributed by atoms with Crippen LogP contribution in [0.5, 0.6) is 5.75 Å². The Hall–Kier alpha value is -1.16. The number of ether oxygens (including phenoxy) is 1. The molecule has 2 rings (SSSR count). The summed E-state index contributed by atoms with van der Waals surface area (Å²) in [6.07, 6.45) is 2.57. The van der Waals surface area contributed by atoms with E-state index >= 15 is 0 Å². The minimum atomic E-state index is -0.914. The third-order valence-electron chi connectivity index (χ3n) is 3.07. The zero-order valence-electron chi connectivity index (χ0n) is 9.88. The van der Waals surface area contributed by atoms with E-state index in [4.69, 9.17) is 4.74 Å². The summed E-state index contributed by atoms with van der Waals surface area (Å²) in [6.45, 7) is 3.13. The van der Waals surface area contributed by atoms with Gasteiger partial charge in [-0.05, 0) is 37.8 Å². The van der Waals surface area contributed by atoms with Crippen molar-refractivity contribution < 1.29 is 13.5 Å². The van der Waals surface area contributed by atoms with Gasteiger partial charge in [0.1, 0.15) is 6.61 Å². The van der Waals surface area contributed by atoms with Crippen molar-refractivity contribution in [3.8, 4) is 5.75 Å². The molecular formula is C13H17F2NO. The predicted molar refractivity (Wildman–Crippen MR) is 62.0 cm³/mol. The van der Waals surface area contributed by atoms with Crippen LogP contribution < -0.4 is 10.1 Å². The molecule has 0 bridgehead atoms. The van der Waals surface area contributed by atoms with Crippen molar-refractivity contribution in [3.05, 3.63) is 29.8 Å². The van der Waals surface area contributed by atoms with Crippen LogP contribution in [0, 0.1) is 17.6 Å². The molecule has 1 aliphatic rings. The normalized spacial score (nSPS) is 16.9. The van der Waals surface area contributed by atoms with Crippen molar-refractivity contribution in [2.24, 2.45) is 5.92 Å². The molecule has 0 amide bonds. The van der Waals surface area contributed by atoms with Gasteiger partial charge >= 0.3 is 0 Å². The van der Waals surface area contributed by atoms with Crippen LogP contribution in [-0.2, 0) is 0 Å². The molecule has 17 heavy (non-hydrogen) atoms. The Bertz CT molecular complexity index is 380. The first kappa shape index (κ1) is 12.3. The molecule has 1 N–H and O–H groups in total. The van der Waals surface area contributed by atoms with Crippen molar-refractivity contribution in [3.63, 3.8) is 0 Å². The Morgan fingerprint density at radius 1 is 1.41 bits per heavy atom. The zero-order chi connectivity index (χ0) is 12.3. The van der Waals surface area contributed by atoms with E-state index < -0.39 is 11.6 Å². The highest BCUT2D eigenvalue weighted by molar-refractivity contribution is 5.24. The second-order valence-corrected chi connectivity index (χ2v) is 4.48. The molecule has 4 heteroatoms. The number of rotatable bonds is 6. The van der Waals surface area contributed by atoms with E-state index in [1.807, 2.05) is 0 Å².